The standard InChI is InChI=1S/C20H22N2O3S2/c23-19(11-12-20-22-17-9-4-5-10-18(17)26-20)21-13-6-14-27(24,25)15-16-7-2-1-3-8-16/h1-5,7-10H,6,11-15H2,(H,21,23). The molecule has 0 unspecified atom stereocenters. The van der Waals surface area contributed by atoms with Gasteiger partial charge in [-0.05, 0) is 24.1 Å². The number of aryl methyl sites for hydroxylation is 1. The number of benzene rings is 2. The minimum atomic E-state index is -3.16. The molecule has 0 aliphatic carbocycles. The Kier molecular flexibility index (Phi) is 6.58. The predicted molar refractivity (Wildman–Crippen MR) is 110 cm³/mol. The van der Waals surface area contributed by atoms with E-state index < -0.39 is 9.84 Å². The number of aromatic nitrogens is 1. The third-order valence-corrected chi connectivity index (χ3v) is 6.87. The summed E-state index contributed by atoms with van der Waals surface area (Å²) in [5, 5.41) is 3.74. The maximum absolute atomic E-state index is 12.1. The van der Waals surface area contributed by atoms with E-state index in [1.54, 1.807) is 23.5 Å². The van der Waals surface area contributed by atoms with Crippen LogP contribution in [0.3, 0.4) is 0 Å². The fourth-order valence-electron chi connectivity index (χ4n) is 2.76. The highest BCUT2D eigenvalue weighted by molar-refractivity contribution is 7.90. The molecular weight excluding hydrogens is 380 g/mol. The van der Waals surface area contributed by atoms with Crippen molar-refractivity contribution in [3.8, 4) is 0 Å². The van der Waals surface area contributed by atoms with Gasteiger partial charge < -0.3 is 5.32 Å². The number of rotatable bonds is 9. The van der Waals surface area contributed by atoms with E-state index in [4.69, 9.17) is 0 Å². The van der Waals surface area contributed by atoms with Crippen molar-refractivity contribution in [2.75, 3.05) is 12.3 Å². The maximum atomic E-state index is 12.1. The summed E-state index contributed by atoms with van der Waals surface area (Å²) in [6.07, 6.45) is 1.37. The van der Waals surface area contributed by atoms with Gasteiger partial charge in [0.05, 0.1) is 26.7 Å². The second kappa shape index (κ2) is 9.10. The van der Waals surface area contributed by atoms with Crippen molar-refractivity contribution in [1.82, 2.24) is 10.3 Å². The van der Waals surface area contributed by atoms with Crippen LogP contribution in [0, 0.1) is 0 Å². The van der Waals surface area contributed by atoms with E-state index in [1.807, 2.05) is 42.5 Å². The van der Waals surface area contributed by atoms with Gasteiger partial charge in [-0.3, -0.25) is 4.79 Å². The first kappa shape index (κ1) is 19.5. The molecule has 1 N–H and O–H groups in total. The summed E-state index contributed by atoms with van der Waals surface area (Å²) in [7, 11) is -3.16. The molecule has 0 bridgehead atoms. The Morgan fingerprint density at radius 2 is 1.78 bits per heavy atom. The fourth-order valence-corrected chi connectivity index (χ4v) is 5.15. The van der Waals surface area contributed by atoms with E-state index in [9.17, 15) is 13.2 Å². The normalized spacial score (nSPS) is 11.6. The van der Waals surface area contributed by atoms with Crippen LogP contribution in [0.4, 0.5) is 0 Å². The minimum absolute atomic E-state index is 0.0411. The number of fused-ring (bicyclic) bond motifs is 1. The highest BCUT2D eigenvalue weighted by atomic mass is 32.2. The Morgan fingerprint density at radius 1 is 1.04 bits per heavy atom. The quantitative estimate of drug-likeness (QED) is 0.557. The Morgan fingerprint density at radius 3 is 2.56 bits per heavy atom. The molecule has 0 atom stereocenters. The molecular formula is C20H22N2O3S2. The van der Waals surface area contributed by atoms with E-state index in [-0.39, 0.29) is 17.4 Å². The number of hydrogen-bond acceptors (Lipinski definition) is 5. The summed E-state index contributed by atoms with van der Waals surface area (Å²) >= 11 is 1.60. The molecule has 0 saturated carbocycles. The van der Waals surface area contributed by atoms with Gasteiger partial charge in [0.25, 0.3) is 0 Å². The van der Waals surface area contributed by atoms with Gasteiger partial charge in [0.15, 0.2) is 9.84 Å². The van der Waals surface area contributed by atoms with Crippen molar-refractivity contribution in [3.63, 3.8) is 0 Å². The summed E-state index contributed by atoms with van der Waals surface area (Å²) in [6.45, 7) is 0.368. The fraction of sp³-hybridized carbons (Fsp3) is 0.300. The molecule has 7 heteroatoms. The molecule has 3 aromatic rings. The molecule has 1 amide bonds. The first-order chi connectivity index (χ1) is 13.0. The van der Waals surface area contributed by atoms with Crippen LogP contribution in [0.2, 0.25) is 0 Å². The summed E-state index contributed by atoms with van der Waals surface area (Å²) in [4.78, 5) is 16.5. The maximum Gasteiger partial charge on any atom is 0.220 e. The molecule has 0 spiro atoms. The van der Waals surface area contributed by atoms with Crippen LogP contribution in [-0.2, 0) is 26.8 Å². The van der Waals surface area contributed by atoms with E-state index in [0.717, 1.165) is 20.8 Å². The molecule has 1 heterocycles. The average molecular weight is 403 g/mol. The molecule has 2 aromatic carbocycles. The lowest BCUT2D eigenvalue weighted by Crippen LogP contribution is -2.26. The number of carbonyl (C=O) groups excluding carboxylic acids is 1. The Balaban J connectivity index is 1.36. The largest absolute Gasteiger partial charge is 0.356 e. The molecule has 3 rings (SSSR count). The second-order valence-electron chi connectivity index (χ2n) is 6.36. The molecule has 5 nitrogen and oxygen atoms in total. The average Bonchev–Trinajstić information content (AvgIpc) is 3.07. The topological polar surface area (TPSA) is 76.1 Å². The van der Waals surface area contributed by atoms with Gasteiger partial charge in [-0.25, -0.2) is 13.4 Å². The van der Waals surface area contributed by atoms with Gasteiger partial charge in [-0.1, -0.05) is 42.5 Å². The predicted octanol–water partition coefficient (Wildman–Crippen LogP) is 3.35. The highest BCUT2D eigenvalue weighted by Gasteiger charge is 2.12. The SMILES string of the molecule is O=C(CCc1nc2ccccc2s1)NCCCS(=O)(=O)Cc1ccccc1. The smallest absolute Gasteiger partial charge is 0.220 e. The van der Waals surface area contributed by atoms with Crippen LogP contribution in [0.15, 0.2) is 54.6 Å². The van der Waals surface area contributed by atoms with Crippen molar-refractivity contribution in [2.45, 2.75) is 25.0 Å². The second-order valence-corrected chi connectivity index (χ2v) is 9.66. The third kappa shape index (κ3) is 6.15. The molecule has 0 saturated heterocycles. The van der Waals surface area contributed by atoms with Crippen LogP contribution >= 0.6 is 11.3 Å². The summed E-state index contributed by atoms with van der Waals surface area (Å²) in [5.74, 6) is 0.0362. The van der Waals surface area contributed by atoms with Crippen LogP contribution in [0.25, 0.3) is 10.2 Å². The third-order valence-electron chi connectivity index (χ3n) is 4.09. The molecule has 1 aromatic heterocycles. The lowest BCUT2D eigenvalue weighted by atomic mass is 10.2. The van der Waals surface area contributed by atoms with E-state index in [1.165, 1.54) is 0 Å². The first-order valence-electron chi connectivity index (χ1n) is 8.87. The zero-order chi connectivity index (χ0) is 19.1. The van der Waals surface area contributed by atoms with Crippen molar-refractivity contribution in [3.05, 3.63) is 65.2 Å². The highest BCUT2D eigenvalue weighted by Crippen LogP contribution is 2.22. The van der Waals surface area contributed by atoms with E-state index in [2.05, 4.69) is 10.3 Å². The zero-order valence-corrected chi connectivity index (χ0v) is 16.6. The van der Waals surface area contributed by atoms with Crippen LogP contribution in [-0.4, -0.2) is 31.6 Å². The van der Waals surface area contributed by atoms with Crippen molar-refractivity contribution >= 4 is 37.3 Å². The van der Waals surface area contributed by atoms with Crippen molar-refractivity contribution < 1.29 is 13.2 Å². The number of carbonyl (C=O) groups is 1. The number of sulfone groups is 1. The van der Waals surface area contributed by atoms with Crippen LogP contribution in [0.5, 0.6) is 0 Å². The molecule has 0 aliphatic heterocycles. The summed E-state index contributed by atoms with van der Waals surface area (Å²) < 4.78 is 25.4. The van der Waals surface area contributed by atoms with E-state index in [0.29, 0.717) is 25.8 Å². The van der Waals surface area contributed by atoms with Gasteiger partial charge in [0, 0.05) is 19.4 Å². The number of nitrogens with one attached hydrogen (secondary N) is 1. The van der Waals surface area contributed by atoms with Crippen LogP contribution in [0.1, 0.15) is 23.4 Å². The molecule has 0 aliphatic rings. The number of hydrogen-bond donors (Lipinski definition) is 1. The Bertz CT molecular complexity index is 965. The lowest BCUT2D eigenvalue weighted by Gasteiger charge is -2.06. The monoisotopic (exact) mass is 402 g/mol. The van der Waals surface area contributed by atoms with Gasteiger partial charge >= 0.3 is 0 Å². The number of nitrogens with zero attached hydrogens (tertiary/aromatic N) is 1. The van der Waals surface area contributed by atoms with Gasteiger partial charge in [0.1, 0.15) is 0 Å². The molecule has 27 heavy (non-hydrogen) atoms. The van der Waals surface area contributed by atoms with E-state index >= 15 is 0 Å². The lowest BCUT2D eigenvalue weighted by molar-refractivity contribution is -0.121. The van der Waals surface area contributed by atoms with Gasteiger partial charge in [-0.2, -0.15) is 0 Å². The van der Waals surface area contributed by atoms with Gasteiger partial charge in [0.2, 0.25) is 5.91 Å². The number of amides is 1. The summed E-state index contributed by atoms with van der Waals surface area (Å²) in [6, 6.07) is 17.0. The number of thiazole rings is 1. The first-order valence-corrected chi connectivity index (χ1v) is 11.5. The zero-order valence-electron chi connectivity index (χ0n) is 14.9. The Hall–Kier alpha value is -2.25. The number of para-hydroxylation sites is 1. The molecule has 142 valence electrons. The van der Waals surface area contributed by atoms with Crippen LogP contribution < -0.4 is 5.32 Å². The Labute approximate surface area is 163 Å². The summed E-state index contributed by atoms with van der Waals surface area (Å²) in [5.41, 5.74) is 1.75. The molecule has 0 radical (unpaired) electrons. The van der Waals surface area contributed by atoms with Crippen molar-refractivity contribution in [2.24, 2.45) is 0 Å². The minimum Gasteiger partial charge on any atom is -0.356 e. The van der Waals surface area contributed by atoms with Gasteiger partial charge in [-0.15, -0.1) is 11.3 Å². The van der Waals surface area contributed by atoms with Crippen molar-refractivity contribution in [1.29, 1.82) is 0 Å². The molecule has 0 fully saturated rings.